The van der Waals surface area contributed by atoms with Crippen molar-refractivity contribution in [3.63, 3.8) is 0 Å². The highest BCUT2D eigenvalue weighted by Gasteiger charge is 2.14. The lowest BCUT2D eigenvalue weighted by Gasteiger charge is -2.07. The summed E-state index contributed by atoms with van der Waals surface area (Å²) < 4.78 is 31.3. The van der Waals surface area contributed by atoms with Gasteiger partial charge in [0.15, 0.2) is 11.5 Å². The third-order valence-corrected chi connectivity index (χ3v) is 3.12. The summed E-state index contributed by atoms with van der Waals surface area (Å²) in [6.45, 7) is -0.195. The third kappa shape index (κ3) is 4.96. The molecule has 0 spiro atoms. The first-order valence-corrected chi connectivity index (χ1v) is 6.88. The Balaban J connectivity index is 2.41. The van der Waals surface area contributed by atoms with E-state index in [1.807, 2.05) is 0 Å². The molecular weight excluding hydrogens is 294 g/mol. The van der Waals surface area contributed by atoms with Crippen LogP contribution in [0.2, 0.25) is 0 Å². The van der Waals surface area contributed by atoms with Gasteiger partial charge in [0, 0.05) is 19.6 Å². The summed E-state index contributed by atoms with van der Waals surface area (Å²) in [4.78, 5) is 0. The van der Waals surface area contributed by atoms with Crippen LogP contribution in [0, 0.1) is 0 Å². The largest absolute Gasteiger partial charge is 0.409 e. The molecule has 0 bridgehead atoms. The first-order valence-electron chi connectivity index (χ1n) is 5.39. The molecule has 1 rings (SSSR count). The van der Waals surface area contributed by atoms with E-state index in [9.17, 15) is 8.42 Å². The zero-order chi connectivity index (χ0) is 15.0. The van der Waals surface area contributed by atoms with E-state index in [0.29, 0.717) is 0 Å². The molecule has 13 heteroatoms. The van der Waals surface area contributed by atoms with Crippen molar-refractivity contribution in [2.75, 3.05) is 31.6 Å². The molecule has 0 aliphatic carbocycles. The van der Waals surface area contributed by atoms with Crippen LogP contribution >= 0.6 is 0 Å². The first kappa shape index (κ1) is 16.1. The maximum absolute atomic E-state index is 11.3. The standard InChI is InChI=1S/C7H15N7O5S/c8-6(12-16)5-7(14-19-13-5)9-1-2-10-20(17,18)11-3-4-15/h10-11,15-16H,1-4H2,(H2,8,12)(H,9,14). The van der Waals surface area contributed by atoms with Gasteiger partial charge in [-0.1, -0.05) is 5.16 Å². The Bertz CT molecular complexity index is 542. The van der Waals surface area contributed by atoms with E-state index < -0.39 is 10.2 Å². The van der Waals surface area contributed by atoms with Crippen LogP contribution in [0.5, 0.6) is 0 Å². The van der Waals surface area contributed by atoms with Crippen molar-refractivity contribution >= 4 is 21.9 Å². The molecule has 7 N–H and O–H groups in total. The second-order valence-corrected chi connectivity index (χ2v) is 4.97. The molecule has 12 nitrogen and oxygen atoms in total. The van der Waals surface area contributed by atoms with Crippen molar-refractivity contribution in [3.8, 4) is 0 Å². The van der Waals surface area contributed by atoms with Gasteiger partial charge in [0.1, 0.15) is 0 Å². The number of rotatable bonds is 9. The molecule has 20 heavy (non-hydrogen) atoms. The van der Waals surface area contributed by atoms with E-state index in [0.717, 1.165) is 0 Å². The fourth-order valence-corrected chi connectivity index (χ4v) is 1.95. The quantitative estimate of drug-likeness (QED) is 0.0907. The molecule has 0 amide bonds. The van der Waals surface area contributed by atoms with Gasteiger partial charge < -0.3 is 21.4 Å². The maximum atomic E-state index is 11.3. The Morgan fingerprint density at radius 3 is 2.65 bits per heavy atom. The number of aliphatic hydroxyl groups excluding tert-OH is 1. The lowest BCUT2D eigenvalue weighted by atomic mass is 10.4. The fourth-order valence-electron chi connectivity index (χ4n) is 1.12. The van der Waals surface area contributed by atoms with Gasteiger partial charge in [0.2, 0.25) is 5.82 Å². The van der Waals surface area contributed by atoms with E-state index in [1.54, 1.807) is 0 Å². The Morgan fingerprint density at radius 2 is 2.00 bits per heavy atom. The van der Waals surface area contributed by atoms with Gasteiger partial charge in [0.25, 0.3) is 10.2 Å². The number of aliphatic hydroxyl groups is 1. The first-order chi connectivity index (χ1) is 9.50. The monoisotopic (exact) mass is 309 g/mol. The van der Waals surface area contributed by atoms with Crippen LogP contribution in [0.4, 0.5) is 5.82 Å². The van der Waals surface area contributed by atoms with Crippen molar-refractivity contribution in [1.82, 2.24) is 19.8 Å². The molecule has 0 unspecified atom stereocenters. The average molecular weight is 309 g/mol. The lowest BCUT2D eigenvalue weighted by Crippen LogP contribution is -2.40. The molecule has 114 valence electrons. The van der Waals surface area contributed by atoms with Gasteiger partial charge in [-0.25, -0.2) is 14.1 Å². The van der Waals surface area contributed by atoms with Crippen LogP contribution in [0.3, 0.4) is 0 Å². The summed E-state index contributed by atoms with van der Waals surface area (Å²) in [5.41, 5.74) is 5.33. The molecular formula is C7H15N7O5S. The predicted octanol–water partition coefficient (Wildman–Crippen LogP) is -3.01. The number of hydrogen-bond donors (Lipinski definition) is 6. The van der Waals surface area contributed by atoms with E-state index in [-0.39, 0.29) is 43.6 Å². The number of oxime groups is 1. The number of nitrogens with two attached hydrogens (primary N) is 1. The predicted molar refractivity (Wildman–Crippen MR) is 67.3 cm³/mol. The summed E-state index contributed by atoms with van der Waals surface area (Å²) in [5, 5.41) is 29.3. The zero-order valence-electron chi connectivity index (χ0n) is 10.3. The topological polar surface area (TPSA) is 188 Å². The maximum Gasteiger partial charge on any atom is 0.277 e. The normalized spacial score (nSPS) is 12.6. The minimum Gasteiger partial charge on any atom is -0.409 e. The smallest absolute Gasteiger partial charge is 0.277 e. The van der Waals surface area contributed by atoms with Crippen molar-refractivity contribution in [2.24, 2.45) is 10.9 Å². The van der Waals surface area contributed by atoms with Crippen molar-refractivity contribution < 1.29 is 23.4 Å². The Hall–Kier alpha value is -1.96. The van der Waals surface area contributed by atoms with Gasteiger partial charge in [-0.15, -0.1) is 0 Å². The molecule has 0 atom stereocenters. The molecule has 0 aromatic carbocycles. The van der Waals surface area contributed by atoms with Crippen LogP contribution < -0.4 is 20.5 Å². The second kappa shape index (κ2) is 7.59. The number of nitrogens with one attached hydrogen (secondary N) is 3. The molecule has 0 saturated carbocycles. The number of nitrogens with zero attached hydrogens (tertiary/aromatic N) is 3. The summed E-state index contributed by atoms with van der Waals surface area (Å²) in [6, 6.07) is 0. The summed E-state index contributed by atoms with van der Waals surface area (Å²) in [6.07, 6.45) is 0. The van der Waals surface area contributed by atoms with Gasteiger partial charge in [-0.05, 0) is 10.3 Å². The highest BCUT2D eigenvalue weighted by molar-refractivity contribution is 7.87. The molecule has 1 aromatic heterocycles. The van der Waals surface area contributed by atoms with Crippen molar-refractivity contribution in [3.05, 3.63) is 5.69 Å². The highest BCUT2D eigenvalue weighted by atomic mass is 32.2. The molecule has 0 fully saturated rings. The number of anilines is 1. The number of hydrogen-bond acceptors (Lipinski definition) is 9. The Kier molecular flexibility index (Phi) is 6.10. The minimum absolute atomic E-state index is 0.00811. The molecule has 0 aliphatic rings. The fraction of sp³-hybridized carbons (Fsp3) is 0.571. The third-order valence-electron chi connectivity index (χ3n) is 1.95. The van der Waals surface area contributed by atoms with E-state index >= 15 is 0 Å². The molecule has 0 aliphatic heterocycles. The molecule has 1 heterocycles. The van der Waals surface area contributed by atoms with Gasteiger partial charge in [0.05, 0.1) is 6.61 Å². The van der Waals surface area contributed by atoms with Crippen LogP contribution in [-0.4, -0.2) is 61.1 Å². The number of aromatic nitrogens is 2. The number of amidine groups is 1. The lowest BCUT2D eigenvalue weighted by molar-refractivity contribution is 0.300. The molecule has 0 saturated heterocycles. The highest BCUT2D eigenvalue weighted by Crippen LogP contribution is 2.07. The second-order valence-electron chi connectivity index (χ2n) is 3.39. The summed E-state index contributed by atoms with van der Waals surface area (Å²) in [7, 11) is -3.66. The van der Waals surface area contributed by atoms with Crippen LogP contribution in [0.25, 0.3) is 0 Å². The van der Waals surface area contributed by atoms with E-state index in [4.69, 9.17) is 16.0 Å². The summed E-state index contributed by atoms with van der Waals surface area (Å²) >= 11 is 0. The molecule has 1 aromatic rings. The Morgan fingerprint density at radius 1 is 1.30 bits per heavy atom. The van der Waals surface area contributed by atoms with E-state index in [1.165, 1.54) is 0 Å². The van der Waals surface area contributed by atoms with Crippen molar-refractivity contribution in [1.29, 1.82) is 0 Å². The minimum atomic E-state index is -3.66. The van der Waals surface area contributed by atoms with Crippen molar-refractivity contribution in [2.45, 2.75) is 0 Å². The SMILES string of the molecule is NC(=NO)c1nonc1NCCNS(=O)(=O)NCCO. The summed E-state index contributed by atoms with van der Waals surface area (Å²) in [5.74, 6) is -0.179. The van der Waals surface area contributed by atoms with Gasteiger partial charge >= 0.3 is 0 Å². The van der Waals surface area contributed by atoms with Gasteiger partial charge in [-0.3, -0.25) is 0 Å². The average Bonchev–Trinajstić information content (AvgIpc) is 2.89. The zero-order valence-corrected chi connectivity index (χ0v) is 11.1. The van der Waals surface area contributed by atoms with Crippen LogP contribution in [0.1, 0.15) is 5.69 Å². The van der Waals surface area contributed by atoms with Gasteiger partial charge in [-0.2, -0.15) is 8.42 Å². The van der Waals surface area contributed by atoms with Crippen LogP contribution in [-0.2, 0) is 10.2 Å². The molecule has 0 radical (unpaired) electrons. The van der Waals surface area contributed by atoms with Crippen LogP contribution in [0.15, 0.2) is 9.78 Å². The van der Waals surface area contributed by atoms with E-state index in [2.05, 4.69) is 34.9 Å². The Labute approximate surface area is 114 Å².